The second-order valence-electron chi connectivity index (χ2n) is 4.96. The van der Waals surface area contributed by atoms with Gasteiger partial charge in [-0.05, 0) is 36.1 Å². The van der Waals surface area contributed by atoms with Gasteiger partial charge in [0.25, 0.3) is 0 Å². The molecule has 0 aliphatic rings. The van der Waals surface area contributed by atoms with Gasteiger partial charge in [0.1, 0.15) is 5.75 Å². The minimum atomic E-state index is 0.418. The molecule has 0 saturated heterocycles. The summed E-state index contributed by atoms with van der Waals surface area (Å²) in [5.74, 6) is 2.14. The van der Waals surface area contributed by atoms with Crippen molar-refractivity contribution in [3.05, 3.63) is 29.5 Å². The number of aryl methyl sites for hydroxylation is 1. The summed E-state index contributed by atoms with van der Waals surface area (Å²) < 4.78 is 5.47. The van der Waals surface area contributed by atoms with Gasteiger partial charge in [-0.1, -0.05) is 13.8 Å². The van der Waals surface area contributed by atoms with E-state index in [4.69, 9.17) is 4.74 Å². The molecule has 0 bridgehead atoms. The number of rotatable bonds is 4. The first-order valence-electron chi connectivity index (χ1n) is 6.48. The van der Waals surface area contributed by atoms with Gasteiger partial charge < -0.3 is 15.0 Å². The molecular formula is C15H21N3O. The summed E-state index contributed by atoms with van der Waals surface area (Å²) in [4.78, 5) is 7.53. The van der Waals surface area contributed by atoms with Crippen LogP contribution in [0.4, 0.5) is 5.95 Å². The van der Waals surface area contributed by atoms with Crippen molar-refractivity contribution in [2.75, 3.05) is 19.5 Å². The first-order valence-corrected chi connectivity index (χ1v) is 6.48. The Labute approximate surface area is 114 Å². The molecule has 2 N–H and O–H groups in total. The number of nitrogens with zero attached hydrogens (tertiary/aromatic N) is 1. The van der Waals surface area contributed by atoms with Crippen molar-refractivity contribution in [1.82, 2.24) is 9.97 Å². The summed E-state index contributed by atoms with van der Waals surface area (Å²) >= 11 is 0. The first kappa shape index (κ1) is 13.5. The largest absolute Gasteiger partial charge is 0.496 e. The molecule has 0 aliphatic carbocycles. The van der Waals surface area contributed by atoms with Crippen molar-refractivity contribution in [2.24, 2.45) is 0 Å². The van der Waals surface area contributed by atoms with Gasteiger partial charge in [0.15, 0.2) is 5.95 Å². The number of hydrogen-bond acceptors (Lipinski definition) is 3. The number of methoxy groups -OCH3 is 1. The number of ether oxygens (including phenoxy) is 1. The Bertz CT molecular complexity index is 573. The number of aromatic nitrogens is 2. The van der Waals surface area contributed by atoms with Gasteiger partial charge in [0, 0.05) is 12.6 Å². The summed E-state index contributed by atoms with van der Waals surface area (Å²) in [5, 5.41) is 3.01. The minimum absolute atomic E-state index is 0.418. The Balaban J connectivity index is 2.54. The Morgan fingerprint density at radius 2 is 2.05 bits per heavy atom. The van der Waals surface area contributed by atoms with E-state index in [9.17, 15) is 0 Å². The number of aromatic amines is 1. The fourth-order valence-corrected chi connectivity index (χ4v) is 2.20. The van der Waals surface area contributed by atoms with E-state index in [1.807, 2.05) is 13.2 Å². The van der Waals surface area contributed by atoms with Gasteiger partial charge in [0.2, 0.25) is 0 Å². The lowest BCUT2D eigenvalue weighted by Gasteiger charge is -2.15. The van der Waals surface area contributed by atoms with Crippen LogP contribution in [0.5, 0.6) is 5.75 Å². The van der Waals surface area contributed by atoms with Gasteiger partial charge in [-0.2, -0.15) is 0 Å². The molecule has 2 rings (SSSR count). The van der Waals surface area contributed by atoms with Crippen LogP contribution in [0.3, 0.4) is 0 Å². The lowest BCUT2D eigenvalue weighted by Crippen LogP contribution is -1.97. The maximum atomic E-state index is 5.47. The smallest absolute Gasteiger partial charge is 0.200 e. The minimum Gasteiger partial charge on any atom is -0.496 e. The monoisotopic (exact) mass is 259 g/mol. The summed E-state index contributed by atoms with van der Waals surface area (Å²) in [7, 11) is 3.57. The summed E-state index contributed by atoms with van der Waals surface area (Å²) in [5.41, 5.74) is 4.57. The van der Waals surface area contributed by atoms with E-state index >= 15 is 0 Å². The van der Waals surface area contributed by atoms with Crippen LogP contribution in [-0.4, -0.2) is 24.1 Å². The Morgan fingerprint density at radius 3 is 2.58 bits per heavy atom. The van der Waals surface area contributed by atoms with Crippen LogP contribution in [0.2, 0.25) is 0 Å². The highest BCUT2D eigenvalue weighted by Crippen LogP contribution is 2.33. The van der Waals surface area contributed by atoms with Crippen molar-refractivity contribution in [1.29, 1.82) is 0 Å². The number of nitrogens with one attached hydrogen (secondary N) is 2. The van der Waals surface area contributed by atoms with Crippen LogP contribution < -0.4 is 10.1 Å². The van der Waals surface area contributed by atoms with E-state index in [-0.39, 0.29) is 0 Å². The molecule has 4 nitrogen and oxygen atoms in total. The molecule has 1 aromatic heterocycles. The maximum Gasteiger partial charge on any atom is 0.200 e. The van der Waals surface area contributed by atoms with E-state index in [1.54, 1.807) is 7.11 Å². The molecule has 0 saturated carbocycles. The highest BCUT2D eigenvalue weighted by molar-refractivity contribution is 5.67. The molecular weight excluding hydrogens is 238 g/mol. The summed E-state index contributed by atoms with van der Waals surface area (Å²) in [6, 6.07) is 4.27. The number of benzene rings is 1. The Morgan fingerprint density at radius 1 is 1.32 bits per heavy atom. The van der Waals surface area contributed by atoms with Gasteiger partial charge >= 0.3 is 0 Å². The lowest BCUT2D eigenvalue weighted by molar-refractivity contribution is 0.407. The third-order valence-corrected chi connectivity index (χ3v) is 3.30. The number of hydrogen-bond donors (Lipinski definition) is 2. The molecule has 4 heteroatoms. The van der Waals surface area contributed by atoms with Crippen molar-refractivity contribution in [2.45, 2.75) is 26.7 Å². The predicted molar refractivity (Wildman–Crippen MR) is 78.9 cm³/mol. The molecule has 0 radical (unpaired) electrons. The van der Waals surface area contributed by atoms with Crippen LogP contribution >= 0.6 is 0 Å². The van der Waals surface area contributed by atoms with Crippen molar-refractivity contribution >= 4 is 5.95 Å². The summed E-state index contributed by atoms with van der Waals surface area (Å²) in [6.07, 6.45) is 1.85. The SMILES string of the molecule is CNc1ncc(-c2cc(C(C)C)c(OC)cc2C)[nH]1. The molecule has 1 heterocycles. The molecule has 0 aliphatic heterocycles. The topological polar surface area (TPSA) is 49.9 Å². The quantitative estimate of drug-likeness (QED) is 0.882. The first-order chi connectivity index (χ1) is 9.06. The zero-order chi connectivity index (χ0) is 14.0. The lowest BCUT2D eigenvalue weighted by atomic mass is 9.95. The molecule has 1 aromatic carbocycles. The standard InChI is InChI=1S/C15H21N3O/c1-9(2)11-7-12(10(3)6-14(11)19-5)13-8-17-15(16-4)18-13/h6-9H,1-5H3,(H2,16,17,18). The summed E-state index contributed by atoms with van der Waals surface area (Å²) in [6.45, 7) is 6.42. The molecule has 19 heavy (non-hydrogen) atoms. The third kappa shape index (κ3) is 2.57. The number of H-pyrrole nitrogens is 1. The highest BCUT2D eigenvalue weighted by Gasteiger charge is 2.13. The second kappa shape index (κ2) is 5.34. The fourth-order valence-electron chi connectivity index (χ4n) is 2.20. The van der Waals surface area contributed by atoms with Crippen molar-refractivity contribution in [3.63, 3.8) is 0 Å². The Kier molecular flexibility index (Phi) is 3.79. The zero-order valence-electron chi connectivity index (χ0n) is 12.2. The van der Waals surface area contributed by atoms with Gasteiger partial charge in [-0.3, -0.25) is 0 Å². The number of imidazole rings is 1. The normalized spacial score (nSPS) is 10.8. The van der Waals surface area contributed by atoms with E-state index in [2.05, 4.69) is 48.2 Å². The molecule has 0 amide bonds. The third-order valence-electron chi connectivity index (χ3n) is 3.30. The highest BCUT2D eigenvalue weighted by atomic mass is 16.5. The van der Waals surface area contributed by atoms with E-state index < -0.39 is 0 Å². The Hall–Kier alpha value is -1.97. The average molecular weight is 259 g/mol. The van der Waals surface area contributed by atoms with Crippen LogP contribution in [0.15, 0.2) is 18.3 Å². The molecule has 0 unspecified atom stereocenters. The predicted octanol–water partition coefficient (Wildman–Crippen LogP) is 3.56. The van der Waals surface area contributed by atoms with Gasteiger partial charge in [-0.15, -0.1) is 0 Å². The molecule has 2 aromatic rings. The molecule has 0 fully saturated rings. The number of anilines is 1. The average Bonchev–Trinajstić information content (AvgIpc) is 2.86. The molecule has 0 spiro atoms. The molecule has 0 atom stereocenters. The van der Waals surface area contributed by atoms with E-state index in [0.29, 0.717) is 5.92 Å². The molecule has 102 valence electrons. The van der Waals surface area contributed by atoms with Crippen molar-refractivity contribution in [3.8, 4) is 17.0 Å². The van der Waals surface area contributed by atoms with Crippen LogP contribution in [0, 0.1) is 6.92 Å². The van der Waals surface area contributed by atoms with Crippen molar-refractivity contribution < 1.29 is 4.74 Å². The van der Waals surface area contributed by atoms with Crippen LogP contribution in [0.25, 0.3) is 11.3 Å². The van der Waals surface area contributed by atoms with Gasteiger partial charge in [-0.25, -0.2) is 4.98 Å². The fraction of sp³-hybridized carbons (Fsp3) is 0.400. The zero-order valence-corrected chi connectivity index (χ0v) is 12.2. The van der Waals surface area contributed by atoms with Gasteiger partial charge in [0.05, 0.1) is 19.0 Å². The maximum absolute atomic E-state index is 5.47. The second-order valence-corrected chi connectivity index (χ2v) is 4.96. The van der Waals surface area contributed by atoms with Crippen LogP contribution in [0.1, 0.15) is 30.9 Å². The van der Waals surface area contributed by atoms with E-state index in [1.165, 1.54) is 16.7 Å². The van der Waals surface area contributed by atoms with Crippen LogP contribution in [-0.2, 0) is 0 Å². The van der Waals surface area contributed by atoms with E-state index in [0.717, 1.165) is 17.4 Å².